The van der Waals surface area contributed by atoms with E-state index in [4.69, 9.17) is 0 Å². The van der Waals surface area contributed by atoms with Gasteiger partial charge in [-0.3, -0.25) is 4.79 Å². The van der Waals surface area contributed by atoms with Gasteiger partial charge in [0.15, 0.2) is 0 Å². The Hall–Kier alpha value is -0.960. The van der Waals surface area contributed by atoms with E-state index in [-0.39, 0.29) is 5.91 Å². The number of aryl methyl sites for hydroxylation is 1. The number of hydrogen-bond acceptors (Lipinski definition) is 2. The van der Waals surface area contributed by atoms with Gasteiger partial charge in [0.1, 0.15) is 0 Å². The fourth-order valence-corrected chi connectivity index (χ4v) is 2.04. The molecule has 0 unspecified atom stereocenters. The zero-order chi connectivity index (χ0) is 10.6. The Morgan fingerprint density at radius 3 is 2.71 bits per heavy atom. The molecule has 0 aliphatic carbocycles. The van der Waals surface area contributed by atoms with Crippen molar-refractivity contribution in [3.05, 3.63) is 23.8 Å². The first-order valence-electron chi connectivity index (χ1n) is 4.62. The maximum absolute atomic E-state index is 10.8. The van der Waals surface area contributed by atoms with Gasteiger partial charge in [-0.15, -0.1) is 11.8 Å². The highest BCUT2D eigenvalue weighted by atomic mass is 32.2. The van der Waals surface area contributed by atoms with E-state index in [1.54, 1.807) is 11.8 Å². The predicted octanol–water partition coefficient (Wildman–Crippen LogP) is 2.93. The molecule has 0 saturated heterocycles. The minimum absolute atomic E-state index is 0.0266. The van der Waals surface area contributed by atoms with Crippen molar-refractivity contribution in [1.29, 1.82) is 0 Å². The average Bonchev–Trinajstić information content (AvgIpc) is 2.16. The maximum Gasteiger partial charge on any atom is 0.221 e. The molecule has 1 N–H and O–H groups in total. The van der Waals surface area contributed by atoms with Gasteiger partial charge in [0.2, 0.25) is 5.91 Å². The van der Waals surface area contributed by atoms with E-state index < -0.39 is 0 Å². The third-order valence-corrected chi connectivity index (χ3v) is 2.81. The molecule has 0 radical (unpaired) electrons. The molecule has 14 heavy (non-hydrogen) atoms. The molecule has 3 heteroatoms. The summed E-state index contributed by atoms with van der Waals surface area (Å²) >= 11 is 1.71. The third-order valence-electron chi connectivity index (χ3n) is 1.99. The van der Waals surface area contributed by atoms with Crippen LogP contribution in [0.2, 0.25) is 0 Å². The maximum atomic E-state index is 10.8. The van der Waals surface area contributed by atoms with Gasteiger partial charge in [-0.25, -0.2) is 0 Å². The number of carbonyl (C=O) groups is 1. The number of nitrogens with one attached hydrogen (secondary N) is 1. The van der Waals surface area contributed by atoms with E-state index in [1.165, 1.54) is 17.4 Å². The summed E-state index contributed by atoms with van der Waals surface area (Å²) < 4.78 is 0. The molecule has 0 bridgehead atoms. The molecule has 0 heterocycles. The van der Waals surface area contributed by atoms with E-state index in [2.05, 4.69) is 18.3 Å². The summed E-state index contributed by atoms with van der Waals surface area (Å²) in [6.45, 7) is 3.65. The van der Waals surface area contributed by atoms with Crippen LogP contribution < -0.4 is 5.32 Å². The zero-order valence-electron chi connectivity index (χ0n) is 8.76. The Labute approximate surface area is 89.1 Å². The van der Waals surface area contributed by atoms with Gasteiger partial charge in [-0.1, -0.05) is 13.0 Å². The number of thioether (sulfide) groups is 1. The Balaban J connectivity index is 2.95. The SMILES string of the molecule is CCc1ccc(NC(C)=O)cc1SC. The Kier molecular flexibility index (Phi) is 4.01. The summed E-state index contributed by atoms with van der Waals surface area (Å²) in [5, 5.41) is 2.78. The van der Waals surface area contributed by atoms with Crippen LogP contribution in [-0.4, -0.2) is 12.2 Å². The Morgan fingerprint density at radius 1 is 1.50 bits per heavy atom. The smallest absolute Gasteiger partial charge is 0.221 e. The van der Waals surface area contributed by atoms with Crippen LogP contribution in [0.5, 0.6) is 0 Å². The molecule has 0 fully saturated rings. The highest BCUT2D eigenvalue weighted by Gasteiger charge is 2.02. The van der Waals surface area contributed by atoms with Crippen LogP contribution in [-0.2, 0) is 11.2 Å². The first kappa shape index (κ1) is 11.1. The number of benzene rings is 1. The molecule has 1 aromatic carbocycles. The Morgan fingerprint density at radius 2 is 2.21 bits per heavy atom. The van der Waals surface area contributed by atoms with Crippen LogP contribution in [0.25, 0.3) is 0 Å². The van der Waals surface area contributed by atoms with E-state index in [0.29, 0.717) is 0 Å². The molecule has 0 aliphatic heterocycles. The minimum Gasteiger partial charge on any atom is -0.326 e. The molecular formula is C11H15NOS. The Bertz CT molecular complexity index is 336. The summed E-state index contributed by atoms with van der Waals surface area (Å²) in [4.78, 5) is 12.1. The standard InChI is InChI=1S/C11H15NOS/c1-4-9-5-6-10(12-8(2)13)7-11(9)14-3/h5-7H,4H2,1-3H3,(H,12,13). The number of amides is 1. The summed E-state index contributed by atoms with van der Waals surface area (Å²) in [6, 6.07) is 6.03. The highest BCUT2D eigenvalue weighted by Crippen LogP contribution is 2.24. The van der Waals surface area contributed by atoms with E-state index in [0.717, 1.165) is 12.1 Å². The lowest BCUT2D eigenvalue weighted by Crippen LogP contribution is -2.05. The second kappa shape index (κ2) is 5.05. The van der Waals surface area contributed by atoms with Crippen molar-refractivity contribution in [1.82, 2.24) is 0 Å². The molecule has 1 rings (SSSR count). The molecule has 0 aromatic heterocycles. The van der Waals surface area contributed by atoms with Gasteiger partial charge in [-0.05, 0) is 30.4 Å². The van der Waals surface area contributed by atoms with Gasteiger partial charge < -0.3 is 5.32 Å². The molecule has 76 valence electrons. The van der Waals surface area contributed by atoms with Crippen molar-refractivity contribution < 1.29 is 4.79 Å². The number of carbonyl (C=O) groups excluding carboxylic acids is 1. The molecule has 1 amide bonds. The summed E-state index contributed by atoms with van der Waals surface area (Å²) in [5.74, 6) is -0.0266. The van der Waals surface area contributed by atoms with Gasteiger partial charge in [0, 0.05) is 17.5 Å². The molecular weight excluding hydrogens is 194 g/mol. The highest BCUT2D eigenvalue weighted by molar-refractivity contribution is 7.98. The van der Waals surface area contributed by atoms with Crippen molar-refractivity contribution in [3.8, 4) is 0 Å². The van der Waals surface area contributed by atoms with Gasteiger partial charge >= 0.3 is 0 Å². The van der Waals surface area contributed by atoms with Crippen LogP contribution in [0.15, 0.2) is 23.1 Å². The summed E-state index contributed by atoms with van der Waals surface area (Å²) in [6.07, 6.45) is 3.07. The second-order valence-corrected chi connectivity index (χ2v) is 3.91. The lowest BCUT2D eigenvalue weighted by Gasteiger charge is -2.08. The molecule has 0 aliphatic rings. The van der Waals surface area contributed by atoms with E-state index in [9.17, 15) is 4.79 Å². The minimum atomic E-state index is -0.0266. The topological polar surface area (TPSA) is 29.1 Å². The van der Waals surface area contributed by atoms with Crippen LogP contribution in [0.3, 0.4) is 0 Å². The third kappa shape index (κ3) is 2.77. The lowest BCUT2D eigenvalue weighted by atomic mass is 10.1. The van der Waals surface area contributed by atoms with Crippen molar-refractivity contribution >= 4 is 23.4 Å². The van der Waals surface area contributed by atoms with Gasteiger partial charge in [0.05, 0.1) is 0 Å². The summed E-state index contributed by atoms with van der Waals surface area (Å²) in [5.41, 5.74) is 2.20. The van der Waals surface area contributed by atoms with Crippen LogP contribution in [0.4, 0.5) is 5.69 Å². The first-order valence-corrected chi connectivity index (χ1v) is 5.84. The summed E-state index contributed by atoms with van der Waals surface area (Å²) in [7, 11) is 0. The van der Waals surface area contributed by atoms with Crippen molar-refractivity contribution in [3.63, 3.8) is 0 Å². The van der Waals surface area contributed by atoms with Crippen molar-refractivity contribution in [2.24, 2.45) is 0 Å². The second-order valence-electron chi connectivity index (χ2n) is 3.06. The van der Waals surface area contributed by atoms with Gasteiger partial charge in [-0.2, -0.15) is 0 Å². The van der Waals surface area contributed by atoms with E-state index in [1.807, 2.05) is 18.4 Å². The molecule has 1 aromatic rings. The normalized spacial score (nSPS) is 9.93. The van der Waals surface area contributed by atoms with E-state index >= 15 is 0 Å². The lowest BCUT2D eigenvalue weighted by molar-refractivity contribution is -0.114. The predicted molar refractivity (Wildman–Crippen MR) is 61.9 cm³/mol. The average molecular weight is 209 g/mol. The quantitative estimate of drug-likeness (QED) is 0.775. The number of hydrogen-bond donors (Lipinski definition) is 1. The first-order chi connectivity index (χ1) is 6.67. The van der Waals surface area contributed by atoms with Crippen LogP contribution in [0, 0.1) is 0 Å². The fourth-order valence-electron chi connectivity index (χ4n) is 1.32. The van der Waals surface area contributed by atoms with Crippen LogP contribution in [0.1, 0.15) is 19.4 Å². The molecule has 2 nitrogen and oxygen atoms in total. The molecule has 0 saturated carbocycles. The fraction of sp³-hybridized carbons (Fsp3) is 0.364. The monoisotopic (exact) mass is 209 g/mol. The molecule has 0 atom stereocenters. The van der Waals surface area contributed by atoms with Gasteiger partial charge in [0.25, 0.3) is 0 Å². The largest absolute Gasteiger partial charge is 0.326 e. The van der Waals surface area contributed by atoms with Crippen molar-refractivity contribution in [2.45, 2.75) is 25.2 Å². The van der Waals surface area contributed by atoms with Crippen LogP contribution >= 0.6 is 11.8 Å². The zero-order valence-corrected chi connectivity index (χ0v) is 9.57. The number of anilines is 1. The van der Waals surface area contributed by atoms with Crippen molar-refractivity contribution in [2.75, 3.05) is 11.6 Å². The molecule has 0 spiro atoms. The number of rotatable bonds is 3.